The molecule has 29 heavy (non-hydrogen) atoms. The maximum absolute atomic E-state index is 13.0. The lowest BCUT2D eigenvalue weighted by Gasteiger charge is -2.16. The molecule has 0 aliphatic rings. The van der Waals surface area contributed by atoms with Gasteiger partial charge < -0.3 is 11.1 Å². The first-order valence-corrected chi connectivity index (χ1v) is 10.0. The summed E-state index contributed by atoms with van der Waals surface area (Å²) in [7, 11) is -1.47. The van der Waals surface area contributed by atoms with E-state index in [-0.39, 0.29) is 23.4 Å². The molecule has 0 saturated heterocycles. The van der Waals surface area contributed by atoms with Crippen LogP contribution in [0.2, 0.25) is 0 Å². The fraction of sp³-hybridized carbons (Fsp3) is 0.263. The third-order valence-electron chi connectivity index (χ3n) is 4.30. The number of nitrogens with two attached hydrogens (primary N) is 1. The third-order valence-corrected chi connectivity index (χ3v) is 5.97. The Morgan fingerprint density at radius 3 is 2.45 bits per heavy atom. The lowest BCUT2D eigenvalue weighted by atomic mass is 9.98. The highest BCUT2D eigenvalue weighted by molar-refractivity contribution is 7.89. The Morgan fingerprint density at radius 1 is 1.21 bits per heavy atom. The molecule has 0 saturated carbocycles. The van der Waals surface area contributed by atoms with Crippen molar-refractivity contribution in [2.24, 2.45) is 11.7 Å². The molecule has 0 radical (unpaired) electrons. The zero-order valence-corrected chi connectivity index (χ0v) is 16.8. The number of benzene rings is 2. The van der Waals surface area contributed by atoms with Crippen LogP contribution in [0.15, 0.2) is 53.4 Å². The summed E-state index contributed by atoms with van der Waals surface area (Å²) in [6.45, 7) is -0.0551. The van der Waals surface area contributed by atoms with Crippen molar-refractivity contribution in [3.05, 3.63) is 65.5 Å². The zero-order valence-electron chi connectivity index (χ0n) is 16.0. The van der Waals surface area contributed by atoms with Gasteiger partial charge in [-0.15, -0.1) is 0 Å². The minimum absolute atomic E-state index is 0.0551. The second-order valence-electron chi connectivity index (χ2n) is 6.27. The SMILES string of the molecule is CON(C)S(=O)(=O)c1cccc(C(=O)NCC(Cc2ccc(F)cc2)C(N)=O)c1. The second-order valence-corrected chi connectivity index (χ2v) is 8.20. The number of hydroxylamine groups is 1. The molecule has 2 aromatic carbocycles. The smallest absolute Gasteiger partial charge is 0.264 e. The van der Waals surface area contributed by atoms with Gasteiger partial charge >= 0.3 is 0 Å². The number of primary amides is 1. The summed E-state index contributed by atoms with van der Waals surface area (Å²) in [5.74, 6) is -2.29. The molecule has 156 valence electrons. The number of sulfonamides is 1. The van der Waals surface area contributed by atoms with Crippen molar-refractivity contribution in [1.29, 1.82) is 0 Å². The lowest BCUT2D eigenvalue weighted by molar-refractivity contribution is -0.121. The van der Waals surface area contributed by atoms with Gasteiger partial charge in [-0.1, -0.05) is 22.7 Å². The number of carbonyl (C=O) groups excluding carboxylic acids is 2. The Bertz CT molecular complexity index is 980. The molecule has 0 aliphatic carbocycles. The second kappa shape index (κ2) is 9.59. The molecule has 2 rings (SSSR count). The van der Waals surface area contributed by atoms with Crippen LogP contribution in [0.5, 0.6) is 0 Å². The van der Waals surface area contributed by atoms with E-state index in [0.29, 0.717) is 10.0 Å². The van der Waals surface area contributed by atoms with Gasteiger partial charge in [0.2, 0.25) is 5.91 Å². The van der Waals surface area contributed by atoms with Crippen LogP contribution in [-0.2, 0) is 26.1 Å². The van der Waals surface area contributed by atoms with Crippen LogP contribution >= 0.6 is 0 Å². The summed E-state index contributed by atoms with van der Waals surface area (Å²) in [6, 6.07) is 11.0. The summed E-state index contributed by atoms with van der Waals surface area (Å²) in [4.78, 5) is 28.7. The molecule has 1 atom stereocenters. The molecule has 0 heterocycles. The van der Waals surface area contributed by atoms with Crippen molar-refractivity contribution in [3.8, 4) is 0 Å². The number of carbonyl (C=O) groups is 2. The van der Waals surface area contributed by atoms with Gasteiger partial charge in [0.1, 0.15) is 5.82 Å². The highest BCUT2D eigenvalue weighted by Gasteiger charge is 2.22. The van der Waals surface area contributed by atoms with Gasteiger partial charge in [0.15, 0.2) is 0 Å². The average molecular weight is 423 g/mol. The first-order valence-electron chi connectivity index (χ1n) is 8.60. The standard InChI is InChI=1S/C19H22FN3O5S/c1-23(28-2)29(26,27)17-5-3-4-14(11-17)19(25)22-12-15(18(21)24)10-13-6-8-16(20)9-7-13/h3-9,11,15H,10,12H2,1-2H3,(H2,21,24)(H,22,25). The molecular formula is C19H22FN3O5S. The van der Waals surface area contributed by atoms with E-state index < -0.39 is 33.6 Å². The largest absolute Gasteiger partial charge is 0.369 e. The molecule has 0 bridgehead atoms. The van der Waals surface area contributed by atoms with Crippen LogP contribution in [0, 0.1) is 11.7 Å². The molecule has 0 fully saturated rings. The van der Waals surface area contributed by atoms with E-state index in [4.69, 9.17) is 10.6 Å². The van der Waals surface area contributed by atoms with Crippen molar-refractivity contribution in [2.45, 2.75) is 11.3 Å². The normalized spacial score (nSPS) is 12.6. The van der Waals surface area contributed by atoms with Crippen LogP contribution in [0.4, 0.5) is 4.39 Å². The lowest BCUT2D eigenvalue weighted by Crippen LogP contribution is -2.37. The van der Waals surface area contributed by atoms with Crippen LogP contribution in [0.1, 0.15) is 15.9 Å². The summed E-state index contributed by atoms with van der Waals surface area (Å²) < 4.78 is 38.3. The number of rotatable bonds is 9. The van der Waals surface area contributed by atoms with Crippen LogP contribution in [-0.4, -0.2) is 45.4 Å². The number of hydrogen-bond acceptors (Lipinski definition) is 5. The van der Waals surface area contributed by atoms with Crippen molar-refractivity contribution < 1.29 is 27.2 Å². The topological polar surface area (TPSA) is 119 Å². The van der Waals surface area contributed by atoms with Crippen molar-refractivity contribution in [3.63, 3.8) is 0 Å². The van der Waals surface area contributed by atoms with Crippen LogP contribution < -0.4 is 11.1 Å². The molecule has 0 spiro atoms. The Hall–Kier alpha value is -2.82. The maximum atomic E-state index is 13.0. The fourth-order valence-corrected chi connectivity index (χ4v) is 3.56. The molecule has 0 aliphatic heterocycles. The Kier molecular flexibility index (Phi) is 7.43. The summed E-state index contributed by atoms with van der Waals surface area (Å²) in [5, 5.41) is 2.58. The molecule has 2 aromatic rings. The number of amides is 2. The molecule has 2 amide bonds. The number of hydrogen-bond donors (Lipinski definition) is 2. The van der Waals surface area contributed by atoms with E-state index in [2.05, 4.69) is 5.32 Å². The van der Waals surface area contributed by atoms with Crippen LogP contribution in [0.25, 0.3) is 0 Å². The quantitative estimate of drug-likeness (QED) is 0.585. The molecule has 10 heteroatoms. The molecule has 8 nitrogen and oxygen atoms in total. The number of nitrogens with zero attached hydrogens (tertiary/aromatic N) is 1. The van der Waals surface area contributed by atoms with Gasteiger partial charge in [-0.05, 0) is 42.3 Å². The predicted octanol–water partition coefficient (Wildman–Crippen LogP) is 1.08. The average Bonchev–Trinajstić information content (AvgIpc) is 2.71. The van der Waals surface area contributed by atoms with Gasteiger partial charge in [-0.25, -0.2) is 12.8 Å². The number of halogens is 1. The minimum Gasteiger partial charge on any atom is -0.369 e. The highest BCUT2D eigenvalue weighted by atomic mass is 32.2. The molecular weight excluding hydrogens is 401 g/mol. The first kappa shape index (κ1) is 22.5. The Balaban J connectivity index is 2.09. The van der Waals surface area contributed by atoms with Gasteiger partial charge in [-0.2, -0.15) is 0 Å². The monoisotopic (exact) mass is 423 g/mol. The highest BCUT2D eigenvalue weighted by Crippen LogP contribution is 2.16. The van der Waals surface area contributed by atoms with Gasteiger partial charge in [0.05, 0.1) is 17.9 Å². The van der Waals surface area contributed by atoms with Gasteiger partial charge in [0.25, 0.3) is 15.9 Å². The van der Waals surface area contributed by atoms with Gasteiger partial charge in [0, 0.05) is 19.2 Å². The van der Waals surface area contributed by atoms with E-state index in [9.17, 15) is 22.4 Å². The Labute approximate surface area is 168 Å². The Morgan fingerprint density at radius 2 is 1.86 bits per heavy atom. The van der Waals surface area contributed by atoms with Crippen molar-refractivity contribution >= 4 is 21.8 Å². The summed E-state index contributed by atoms with van der Waals surface area (Å²) in [5.41, 5.74) is 6.20. The van der Waals surface area contributed by atoms with E-state index in [1.165, 1.54) is 62.7 Å². The van der Waals surface area contributed by atoms with E-state index in [1.807, 2.05) is 0 Å². The van der Waals surface area contributed by atoms with E-state index >= 15 is 0 Å². The zero-order chi connectivity index (χ0) is 21.6. The molecule has 0 aromatic heterocycles. The fourth-order valence-electron chi connectivity index (χ4n) is 2.54. The maximum Gasteiger partial charge on any atom is 0.264 e. The minimum atomic E-state index is -3.91. The van der Waals surface area contributed by atoms with Crippen molar-refractivity contribution in [1.82, 2.24) is 9.79 Å². The predicted molar refractivity (Wildman–Crippen MR) is 104 cm³/mol. The molecule has 3 N–H and O–H groups in total. The van der Waals surface area contributed by atoms with E-state index in [1.54, 1.807) is 0 Å². The van der Waals surface area contributed by atoms with Gasteiger partial charge in [-0.3, -0.25) is 14.4 Å². The number of nitrogens with one attached hydrogen (secondary N) is 1. The van der Waals surface area contributed by atoms with Crippen LogP contribution in [0.3, 0.4) is 0 Å². The molecule has 1 unspecified atom stereocenters. The summed E-state index contributed by atoms with van der Waals surface area (Å²) in [6.07, 6.45) is 0.225. The first-order chi connectivity index (χ1) is 13.6. The summed E-state index contributed by atoms with van der Waals surface area (Å²) >= 11 is 0. The van der Waals surface area contributed by atoms with E-state index in [0.717, 1.165) is 0 Å². The van der Waals surface area contributed by atoms with Crippen molar-refractivity contribution in [2.75, 3.05) is 20.7 Å². The third kappa shape index (κ3) is 5.83.